The van der Waals surface area contributed by atoms with Crippen molar-refractivity contribution < 1.29 is 4.79 Å². The number of benzene rings is 1. The highest BCUT2D eigenvalue weighted by Crippen LogP contribution is 2.25. The fraction of sp³-hybridized carbons (Fsp3) is 0.500. The second-order valence-corrected chi connectivity index (χ2v) is 6.41. The van der Waals surface area contributed by atoms with Gasteiger partial charge in [0, 0.05) is 17.1 Å². The smallest absolute Gasteiger partial charge is 0.238 e. The zero-order valence-electron chi connectivity index (χ0n) is 11.5. The van der Waals surface area contributed by atoms with Crippen LogP contribution in [0.2, 0.25) is 5.02 Å². The minimum absolute atomic E-state index is 0.0395. The van der Waals surface area contributed by atoms with E-state index in [1.54, 1.807) is 12.1 Å². The van der Waals surface area contributed by atoms with Gasteiger partial charge in [0.05, 0.1) is 17.3 Å². The Kier molecular flexibility index (Phi) is 5.84. The number of amides is 1. The van der Waals surface area contributed by atoms with E-state index in [9.17, 15) is 4.79 Å². The number of rotatable bonds is 4. The van der Waals surface area contributed by atoms with Crippen molar-refractivity contribution in [3.8, 4) is 0 Å². The van der Waals surface area contributed by atoms with Crippen LogP contribution in [0, 0.1) is 0 Å². The van der Waals surface area contributed by atoms with Crippen molar-refractivity contribution in [3.05, 3.63) is 27.7 Å². The minimum atomic E-state index is -0.0395. The van der Waals surface area contributed by atoms with Gasteiger partial charge in [-0.3, -0.25) is 9.69 Å². The monoisotopic (exact) mass is 359 g/mol. The van der Waals surface area contributed by atoms with Crippen LogP contribution in [0.5, 0.6) is 0 Å². The molecule has 0 saturated carbocycles. The molecule has 4 nitrogen and oxygen atoms in total. The van der Waals surface area contributed by atoms with Gasteiger partial charge in [0.1, 0.15) is 0 Å². The third-order valence-electron chi connectivity index (χ3n) is 3.49. The molecule has 110 valence electrons. The molecule has 1 aromatic rings. The molecule has 1 heterocycles. The van der Waals surface area contributed by atoms with Crippen molar-refractivity contribution in [2.45, 2.75) is 18.9 Å². The number of carbonyl (C=O) groups excluding carboxylic acids is 1. The maximum Gasteiger partial charge on any atom is 0.238 e. The van der Waals surface area contributed by atoms with Crippen molar-refractivity contribution in [1.82, 2.24) is 10.2 Å². The first-order valence-corrected chi connectivity index (χ1v) is 7.89. The second-order valence-electron chi connectivity index (χ2n) is 5.09. The summed E-state index contributed by atoms with van der Waals surface area (Å²) in [5.41, 5.74) is 0.648. The highest BCUT2D eigenvalue weighted by Gasteiger charge is 2.19. The Hall–Kier alpha value is -0.620. The van der Waals surface area contributed by atoms with Crippen molar-refractivity contribution in [3.63, 3.8) is 0 Å². The molecule has 6 heteroatoms. The molecule has 1 saturated heterocycles. The van der Waals surface area contributed by atoms with Crippen molar-refractivity contribution in [2.75, 3.05) is 32.0 Å². The molecule has 1 aromatic carbocycles. The summed E-state index contributed by atoms with van der Waals surface area (Å²) in [6, 6.07) is 5.85. The first-order valence-electron chi connectivity index (χ1n) is 6.72. The molecule has 1 fully saturated rings. The van der Waals surface area contributed by atoms with E-state index in [2.05, 4.69) is 31.5 Å². The van der Waals surface area contributed by atoms with E-state index in [1.165, 1.54) is 0 Å². The van der Waals surface area contributed by atoms with E-state index >= 15 is 0 Å². The van der Waals surface area contributed by atoms with Gasteiger partial charge in [-0.2, -0.15) is 0 Å². The van der Waals surface area contributed by atoms with Gasteiger partial charge in [0.25, 0.3) is 0 Å². The molecular formula is C14H19BrClN3O. The summed E-state index contributed by atoms with van der Waals surface area (Å²) in [6.45, 7) is 2.40. The average Bonchev–Trinajstić information content (AvgIpc) is 2.43. The SMILES string of the molecule is CN(CC(=O)Nc1ccc(Br)cc1Cl)C1CCCNC1. The van der Waals surface area contributed by atoms with Crippen LogP contribution in [-0.4, -0.2) is 43.5 Å². The number of nitrogens with zero attached hydrogens (tertiary/aromatic N) is 1. The summed E-state index contributed by atoms with van der Waals surface area (Å²) in [5, 5.41) is 6.74. The molecule has 1 atom stereocenters. The van der Waals surface area contributed by atoms with Gasteiger partial charge >= 0.3 is 0 Å². The molecule has 0 radical (unpaired) electrons. The molecule has 1 aliphatic heterocycles. The molecular weight excluding hydrogens is 342 g/mol. The van der Waals surface area contributed by atoms with E-state index in [-0.39, 0.29) is 5.91 Å². The maximum atomic E-state index is 12.1. The number of likely N-dealkylation sites (N-methyl/N-ethyl adjacent to an activating group) is 1. The maximum absolute atomic E-state index is 12.1. The Morgan fingerprint density at radius 3 is 3.05 bits per heavy atom. The topological polar surface area (TPSA) is 44.4 Å². The number of halogens is 2. The third-order valence-corrected chi connectivity index (χ3v) is 4.30. The standard InChI is InChI=1S/C14H19BrClN3O/c1-19(11-3-2-6-17-8-11)9-14(20)18-13-5-4-10(15)7-12(13)16/h4-5,7,11,17H,2-3,6,8-9H2,1H3,(H,18,20). The summed E-state index contributed by atoms with van der Waals surface area (Å²) in [6.07, 6.45) is 2.30. The van der Waals surface area contributed by atoms with E-state index in [0.717, 1.165) is 30.4 Å². The van der Waals surface area contributed by atoms with Gasteiger partial charge in [0.15, 0.2) is 0 Å². The van der Waals surface area contributed by atoms with Crippen molar-refractivity contribution in [1.29, 1.82) is 0 Å². The summed E-state index contributed by atoms with van der Waals surface area (Å²) in [7, 11) is 1.99. The lowest BCUT2D eigenvalue weighted by Crippen LogP contribution is -2.46. The first-order chi connectivity index (χ1) is 9.56. The first kappa shape index (κ1) is 15.8. The number of carbonyl (C=O) groups is 1. The van der Waals surface area contributed by atoms with E-state index in [0.29, 0.717) is 23.3 Å². The highest BCUT2D eigenvalue weighted by molar-refractivity contribution is 9.10. The molecule has 0 aliphatic carbocycles. The van der Waals surface area contributed by atoms with E-state index in [4.69, 9.17) is 11.6 Å². The molecule has 1 amide bonds. The van der Waals surface area contributed by atoms with Crippen LogP contribution in [0.4, 0.5) is 5.69 Å². The Bertz CT molecular complexity index is 477. The van der Waals surface area contributed by atoms with Gasteiger partial charge < -0.3 is 10.6 Å². The Morgan fingerprint density at radius 2 is 2.40 bits per heavy atom. The predicted octanol–water partition coefficient (Wildman–Crippen LogP) is 2.72. The molecule has 0 bridgehead atoms. The fourth-order valence-electron chi connectivity index (χ4n) is 2.35. The lowest BCUT2D eigenvalue weighted by atomic mass is 10.1. The van der Waals surface area contributed by atoms with E-state index < -0.39 is 0 Å². The zero-order chi connectivity index (χ0) is 14.5. The lowest BCUT2D eigenvalue weighted by molar-refractivity contribution is -0.117. The highest BCUT2D eigenvalue weighted by atomic mass is 79.9. The number of hydrogen-bond donors (Lipinski definition) is 2. The zero-order valence-corrected chi connectivity index (χ0v) is 13.8. The Labute approximate surface area is 133 Å². The molecule has 2 N–H and O–H groups in total. The lowest BCUT2D eigenvalue weighted by Gasteiger charge is -2.31. The van der Waals surface area contributed by atoms with Crippen LogP contribution in [0.1, 0.15) is 12.8 Å². The van der Waals surface area contributed by atoms with Gasteiger partial charge in [-0.25, -0.2) is 0 Å². The number of anilines is 1. The molecule has 1 aliphatic rings. The fourth-order valence-corrected chi connectivity index (χ4v) is 3.07. The van der Waals surface area contributed by atoms with Crippen LogP contribution in [0.25, 0.3) is 0 Å². The largest absolute Gasteiger partial charge is 0.324 e. The van der Waals surface area contributed by atoms with Crippen LogP contribution >= 0.6 is 27.5 Å². The molecule has 2 rings (SSSR count). The van der Waals surface area contributed by atoms with Crippen LogP contribution in [-0.2, 0) is 4.79 Å². The number of nitrogens with one attached hydrogen (secondary N) is 2. The van der Waals surface area contributed by atoms with Crippen LogP contribution in [0.15, 0.2) is 22.7 Å². The summed E-state index contributed by atoms with van der Waals surface area (Å²) in [5.74, 6) is -0.0395. The minimum Gasteiger partial charge on any atom is -0.324 e. The van der Waals surface area contributed by atoms with Crippen LogP contribution < -0.4 is 10.6 Å². The molecule has 0 aromatic heterocycles. The summed E-state index contributed by atoms with van der Waals surface area (Å²) in [4.78, 5) is 14.2. The van der Waals surface area contributed by atoms with Gasteiger partial charge in [0.2, 0.25) is 5.91 Å². The van der Waals surface area contributed by atoms with Gasteiger partial charge in [-0.05, 0) is 44.6 Å². The van der Waals surface area contributed by atoms with Gasteiger partial charge in [-0.15, -0.1) is 0 Å². The predicted molar refractivity (Wildman–Crippen MR) is 86.3 cm³/mol. The summed E-state index contributed by atoms with van der Waals surface area (Å²) < 4.78 is 0.894. The average molecular weight is 361 g/mol. The quantitative estimate of drug-likeness (QED) is 0.868. The second kappa shape index (κ2) is 7.41. The number of hydrogen-bond acceptors (Lipinski definition) is 3. The van der Waals surface area contributed by atoms with E-state index in [1.807, 2.05) is 13.1 Å². The van der Waals surface area contributed by atoms with Crippen molar-refractivity contribution >= 4 is 39.1 Å². The van der Waals surface area contributed by atoms with Crippen molar-refractivity contribution in [2.24, 2.45) is 0 Å². The third kappa shape index (κ3) is 4.45. The molecule has 0 spiro atoms. The molecule has 1 unspecified atom stereocenters. The van der Waals surface area contributed by atoms with Crippen LogP contribution in [0.3, 0.4) is 0 Å². The van der Waals surface area contributed by atoms with Gasteiger partial charge in [-0.1, -0.05) is 27.5 Å². The normalized spacial score (nSPS) is 19.1. The number of piperidine rings is 1. The molecule has 20 heavy (non-hydrogen) atoms. The Morgan fingerprint density at radius 1 is 1.60 bits per heavy atom. The Balaban J connectivity index is 1.88. The summed E-state index contributed by atoms with van der Waals surface area (Å²) >= 11 is 9.43.